The number of nitrogens with zero attached hydrogens (tertiary/aromatic N) is 2. The van der Waals surface area contributed by atoms with E-state index in [1.54, 1.807) is 24.3 Å². The quantitative estimate of drug-likeness (QED) is 0.177. The van der Waals surface area contributed by atoms with Gasteiger partial charge in [0.25, 0.3) is 0 Å². The number of carbonyl (C=O) groups is 1. The minimum absolute atomic E-state index is 0.217. The molecule has 0 saturated carbocycles. The molecular formula is C36H32BrClN2O6. The van der Waals surface area contributed by atoms with Crippen molar-refractivity contribution in [2.24, 2.45) is 0 Å². The molecule has 0 spiro atoms. The molecule has 1 fully saturated rings. The van der Waals surface area contributed by atoms with Gasteiger partial charge in [-0.1, -0.05) is 54.4 Å². The normalized spacial score (nSPS) is 16.0. The third-order valence-corrected chi connectivity index (χ3v) is 9.38. The number of fused-ring (bicyclic) bond motifs is 1. The average molecular weight is 704 g/mol. The summed E-state index contributed by atoms with van der Waals surface area (Å²) in [5.74, 6) is 1.61. The van der Waals surface area contributed by atoms with Crippen molar-refractivity contribution in [3.8, 4) is 40.2 Å². The summed E-state index contributed by atoms with van der Waals surface area (Å²) in [6.07, 6.45) is 2.41. The lowest BCUT2D eigenvalue weighted by atomic mass is 10.0. The van der Waals surface area contributed by atoms with Crippen molar-refractivity contribution in [1.82, 2.24) is 4.90 Å². The second kappa shape index (κ2) is 14.5. The lowest BCUT2D eigenvalue weighted by molar-refractivity contribution is -0.144. The van der Waals surface area contributed by atoms with Crippen molar-refractivity contribution < 1.29 is 28.8 Å². The Bertz CT molecular complexity index is 1790. The van der Waals surface area contributed by atoms with E-state index >= 15 is 0 Å². The van der Waals surface area contributed by atoms with Gasteiger partial charge in [0.1, 0.15) is 44.0 Å². The SMILES string of the molecule is N#Cc1cccc(COc2cc(OCc3cccc(-c4ccc5c(c4)OCCO5)c3Br)c(Cl)cc2CN2CCCC[C@@H]2C(=O)O)c1. The van der Waals surface area contributed by atoms with Gasteiger partial charge >= 0.3 is 5.97 Å². The van der Waals surface area contributed by atoms with Gasteiger partial charge in [-0.2, -0.15) is 5.26 Å². The lowest BCUT2D eigenvalue weighted by Gasteiger charge is -2.33. The molecule has 0 unspecified atom stereocenters. The molecule has 2 aliphatic rings. The first-order valence-electron chi connectivity index (χ1n) is 15.1. The Morgan fingerprint density at radius 3 is 2.59 bits per heavy atom. The van der Waals surface area contributed by atoms with Crippen LogP contribution in [0, 0.1) is 11.3 Å². The molecule has 2 aliphatic heterocycles. The topological polar surface area (TPSA) is 101 Å². The Hall–Kier alpha value is -4.23. The molecule has 46 heavy (non-hydrogen) atoms. The van der Waals surface area contributed by atoms with Crippen LogP contribution in [-0.4, -0.2) is 41.8 Å². The maximum Gasteiger partial charge on any atom is 0.320 e. The second-order valence-electron chi connectivity index (χ2n) is 11.2. The molecule has 8 nitrogen and oxygen atoms in total. The van der Waals surface area contributed by atoms with E-state index in [0.29, 0.717) is 54.8 Å². The Morgan fingerprint density at radius 2 is 1.76 bits per heavy atom. The molecule has 4 aromatic carbocycles. The molecule has 0 aliphatic carbocycles. The number of carboxylic acid groups (broad SMARTS) is 1. The van der Waals surface area contributed by atoms with Crippen LogP contribution in [0.4, 0.5) is 0 Å². The third kappa shape index (κ3) is 7.26. The summed E-state index contributed by atoms with van der Waals surface area (Å²) in [7, 11) is 0. The van der Waals surface area contributed by atoms with Crippen LogP contribution in [0.15, 0.2) is 77.3 Å². The number of hydrogen-bond acceptors (Lipinski definition) is 7. The molecule has 2 heterocycles. The highest BCUT2D eigenvalue weighted by molar-refractivity contribution is 9.10. The number of aliphatic carboxylic acids is 1. The molecule has 236 valence electrons. The van der Waals surface area contributed by atoms with Crippen LogP contribution in [0.25, 0.3) is 11.1 Å². The first-order valence-corrected chi connectivity index (χ1v) is 16.3. The van der Waals surface area contributed by atoms with Crippen molar-refractivity contribution >= 4 is 33.5 Å². The maximum absolute atomic E-state index is 12.0. The van der Waals surface area contributed by atoms with E-state index < -0.39 is 12.0 Å². The summed E-state index contributed by atoms with van der Waals surface area (Å²) in [6, 6.07) is 24.3. The fourth-order valence-corrected chi connectivity index (χ4v) is 6.64. The first kappa shape index (κ1) is 31.7. The van der Waals surface area contributed by atoms with Crippen LogP contribution in [0.5, 0.6) is 23.0 Å². The summed E-state index contributed by atoms with van der Waals surface area (Å²) in [6.45, 7) is 2.54. The highest BCUT2D eigenvalue weighted by Crippen LogP contribution is 2.39. The number of hydrogen-bond donors (Lipinski definition) is 1. The summed E-state index contributed by atoms with van der Waals surface area (Å²) in [5, 5.41) is 19.6. The second-order valence-corrected chi connectivity index (χ2v) is 12.4. The molecular weight excluding hydrogens is 672 g/mol. The van der Waals surface area contributed by atoms with Crippen LogP contribution in [0.3, 0.4) is 0 Å². The molecule has 10 heteroatoms. The van der Waals surface area contributed by atoms with Crippen molar-refractivity contribution in [2.75, 3.05) is 19.8 Å². The molecule has 0 bridgehead atoms. The Balaban J connectivity index is 1.25. The van der Waals surface area contributed by atoms with Gasteiger partial charge < -0.3 is 24.1 Å². The van der Waals surface area contributed by atoms with Gasteiger partial charge in [0.15, 0.2) is 11.5 Å². The average Bonchev–Trinajstić information content (AvgIpc) is 3.08. The van der Waals surface area contributed by atoms with Gasteiger partial charge in [-0.25, -0.2) is 0 Å². The number of carboxylic acids is 1. The zero-order valence-electron chi connectivity index (χ0n) is 25.0. The van der Waals surface area contributed by atoms with E-state index in [2.05, 4.69) is 22.0 Å². The monoisotopic (exact) mass is 702 g/mol. The number of rotatable bonds is 10. The van der Waals surface area contributed by atoms with Crippen LogP contribution in [0.1, 0.15) is 41.5 Å². The van der Waals surface area contributed by atoms with E-state index in [1.165, 1.54) is 0 Å². The van der Waals surface area contributed by atoms with Crippen LogP contribution < -0.4 is 18.9 Å². The highest BCUT2D eigenvalue weighted by atomic mass is 79.9. The zero-order valence-corrected chi connectivity index (χ0v) is 27.4. The van der Waals surface area contributed by atoms with Crippen molar-refractivity contribution in [3.63, 3.8) is 0 Å². The number of piperidine rings is 1. The van der Waals surface area contributed by atoms with E-state index in [1.807, 2.05) is 53.4 Å². The van der Waals surface area contributed by atoms with Crippen molar-refractivity contribution in [2.45, 2.75) is 45.1 Å². The van der Waals surface area contributed by atoms with Crippen molar-refractivity contribution in [3.05, 3.63) is 105 Å². The molecule has 1 saturated heterocycles. The van der Waals surface area contributed by atoms with Crippen LogP contribution in [-0.2, 0) is 24.6 Å². The Kier molecular flexibility index (Phi) is 9.98. The molecule has 4 aromatic rings. The predicted molar refractivity (Wildman–Crippen MR) is 178 cm³/mol. The molecule has 0 amide bonds. The van der Waals surface area contributed by atoms with E-state index in [-0.39, 0.29) is 13.2 Å². The minimum atomic E-state index is -0.828. The van der Waals surface area contributed by atoms with E-state index in [4.69, 9.17) is 30.5 Å². The fourth-order valence-electron chi connectivity index (χ4n) is 5.80. The van der Waals surface area contributed by atoms with Gasteiger partial charge in [0.05, 0.1) is 16.7 Å². The van der Waals surface area contributed by atoms with Crippen LogP contribution in [0.2, 0.25) is 5.02 Å². The van der Waals surface area contributed by atoms with Crippen LogP contribution >= 0.6 is 27.5 Å². The zero-order chi connectivity index (χ0) is 32.0. The predicted octanol–water partition coefficient (Wildman–Crippen LogP) is 8.01. The number of likely N-dealkylation sites (tertiary alicyclic amines) is 1. The first-order chi connectivity index (χ1) is 22.4. The maximum atomic E-state index is 12.0. The molecule has 0 aromatic heterocycles. The Morgan fingerprint density at radius 1 is 0.957 bits per heavy atom. The Labute approximate surface area is 281 Å². The lowest BCUT2D eigenvalue weighted by Crippen LogP contribution is -2.44. The minimum Gasteiger partial charge on any atom is -0.488 e. The van der Waals surface area contributed by atoms with E-state index in [0.717, 1.165) is 56.6 Å². The van der Waals surface area contributed by atoms with Gasteiger partial charge in [0.2, 0.25) is 0 Å². The van der Waals surface area contributed by atoms with Gasteiger partial charge in [-0.15, -0.1) is 0 Å². The van der Waals surface area contributed by atoms with Gasteiger partial charge in [-0.3, -0.25) is 9.69 Å². The molecule has 6 rings (SSSR count). The van der Waals surface area contributed by atoms with Crippen molar-refractivity contribution in [1.29, 1.82) is 5.26 Å². The smallest absolute Gasteiger partial charge is 0.320 e. The number of nitriles is 1. The molecule has 1 N–H and O–H groups in total. The molecule has 0 radical (unpaired) electrons. The summed E-state index contributed by atoms with van der Waals surface area (Å²) < 4.78 is 24.9. The molecule has 1 atom stereocenters. The van der Waals surface area contributed by atoms with Gasteiger partial charge in [-0.05, 0) is 82.3 Å². The number of halogens is 2. The van der Waals surface area contributed by atoms with E-state index in [9.17, 15) is 15.2 Å². The standard InChI is InChI=1S/C36H32BrClN2O6/c37-35-26(7-4-8-28(35)25-10-11-31-34(17-25)44-14-13-43-31)22-46-33-18-32(45-21-24-6-3-5-23(15-24)19-39)27(16-29(33)38)20-40-12-2-1-9-30(40)36(41)42/h3-8,10-11,15-18,30H,1-2,9,12-14,20-22H2,(H,41,42)/t30-/m1/s1. The third-order valence-electron chi connectivity index (χ3n) is 8.15. The summed E-state index contributed by atoms with van der Waals surface area (Å²) >= 11 is 10.6. The highest BCUT2D eigenvalue weighted by Gasteiger charge is 2.29. The van der Waals surface area contributed by atoms with Gasteiger partial charge in [0, 0.05) is 28.2 Å². The number of benzene rings is 4. The summed E-state index contributed by atoms with van der Waals surface area (Å²) in [5.41, 5.74) is 5.03. The largest absolute Gasteiger partial charge is 0.488 e. The summed E-state index contributed by atoms with van der Waals surface area (Å²) in [4.78, 5) is 14.0. The fraction of sp³-hybridized carbons (Fsp3) is 0.278. The number of ether oxygens (including phenoxy) is 4.